The molecular weight excluding hydrogens is 362 g/mol. The van der Waals surface area contributed by atoms with Crippen LogP contribution in [0.1, 0.15) is 21.5 Å². The van der Waals surface area contributed by atoms with E-state index in [-0.39, 0.29) is 27.7 Å². The molecule has 2 rings (SSSR count). The van der Waals surface area contributed by atoms with E-state index >= 15 is 0 Å². The molecule has 0 saturated carbocycles. The van der Waals surface area contributed by atoms with Crippen LogP contribution in [-0.4, -0.2) is 12.5 Å². The van der Waals surface area contributed by atoms with E-state index in [2.05, 4.69) is 17.2 Å². The van der Waals surface area contributed by atoms with Gasteiger partial charge in [-0.1, -0.05) is 47.2 Å². The second-order valence-electron chi connectivity index (χ2n) is 4.66. The lowest BCUT2D eigenvalue weighted by atomic mass is 10.1. The summed E-state index contributed by atoms with van der Waals surface area (Å²) < 4.78 is 37.8. The number of halogens is 5. The Labute approximate surface area is 146 Å². The van der Waals surface area contributed by atoms with Crippen molar-refractivity contribution in [3.63, 3.8) is 0 Å². The van der Waals surface area contributed by atoms with Gasteiger partial charge < -0.3 is 5.32 Å². The van der Waals surface area contributed by atoms with Crippen molar-refractivity contribution in [1.29, 1.82) is 0 Å². The van der Waals surface area contributed by atoms with Crippen LogP contribution in [0.25, 0.3) is 0 Å². The fraction of sp³-hybridized carbons (Fsp3) is 0.118. The van der Waals surface area contributed by atoms with Crippen molar-refractivity contribution in [2.45, 2.75) is 6.18 Å². The Kier molecular flexibility index (Phi) is 5.76. The minimum absolute atomic E-state index is 0.0437. The maximum atomic E-state index is 12.6. The van der Waals surface area contributed by atoms with E-state index in [1.54, 1.807) is 12.1 Å². The molecule has 0 unspecified atom stereocenters. The summed E-state index contributed by atoms with van der Waals surface area (Å²) in [6, 6.07) is 9.28. The van der Waals surface area contributed by atoms with E-state index in [0.29, 0.717) is 0 Å². The third-order valence-electron chi connectivity index (χ3n) is 2.96. The van der Waals surface area contributed by atoms with Crippen molar-refractivity contribution in [3.05, 3.63) is 69.2 Å². The predicted molar refractivity (Wildman–Crippen MR) is 87.1 cm³/mol. The van der Waals surface area contributed by atoms with Crippen LogP contribution in [0, 0.1) is 11.8 Å². The third-order valence-corrected chi connectivity index (χ3v) is 3.78. The molecule has 0 radical (unpaired) electrons. The normalized spacial score (nSPS) is 10.7. The zero-order valence-electron chi connectivity index (χ0n) is 12.0. The van der Waals surface area contributed by atoms with Gasteiger partial charge in [0.25, 0.3) is 5.91 Å². The van der Waals surface area contributed by atoms with Crippen molar-refractivity contribution in [2.75, 3.05) is 6.54 Å². The van der Waals surface area contributed by atoms with Crippen molar-refractivity contribution in [3.8, 4) is 11.8 Å². The van der Waals surface area contributed by atoms with Gasteiger partial charge in [-0.15, -0.1) is 0 Å². The average molecular weight is 372 g/mol. The van der Waals surface area contributed by atoms with E-state index < -0.39 is 17.6 Å². The van der Waals surface area contributed by atoms with E-state index in [9.17, 15) is 18.0 Å². The summed E-state index contributed by atoms with van der Waals surface area (Å²) in [5.74, 6) is 4.68. The first kappa shape index (κ1) is 18.2. The second-order valence-corrected chi connectivity index (χ2v) is 5.45. The van der Waals surface area contributed by atoms with Gasteiger partial charge in [-0.3, -0.25) is 4.79 Å². The minimum atomic E-state index is -4.42. The summed E-state index contributed by atoms with van der Waals surface area (Å²) in [7, 11) is 0. The lowest BCUT2D eigenvalue weighted by molar-refractivity contribution is -0.137. The molecule has 0 bridgehead atoms. The molecule has 1 amide bonds. The summed E-state index contributed by atoms with van der Waals surface area (Å²) in [5, 5.41) is 2.88. The number of nitrogens with one attached hydrogen (secondary N) is 1. The number of amides is 1. The molecule has 0 atom stereocenters. The van der Waals surface area contributed by atoms with Crippen molar-refractivity contribution < 1.29 is 18.0 Å². The fourth-order valence-corrected chi connectivity index (χ4v) is 2.20. The zero-order valence-corrected chi connectivity index (χ0v) is 13.6. The highest BCUT2D eigenvalue weighted by molar-refractivity contribution is 6.43. The van der Waals surface area contributed by atoms with Crippen LogP contribution in [0.2, 0.25) is 10.0 Å². The van der Waals surface area contributed by atoms with Gasteiger partial charge in [-0.2, -0.15) is 13.2 Å². The van der Waals surface area contributed by atoms with Crippen LogP contribution in [0.5, 0.6) is 0 Å². The highest BCUT2D eigenvalue weighted by atomic mass is 35.5. The number of carbonyl (C=O) groups excluding carboxylic acids is 1. The number of hydrogen-bond acceptors (Lipinski definition) is 1. The van der Waals surface area contributed by atoms with Gasteiger partial charge in [-0.05, 0) is 30.3 Å². The number of alkyl halides is 3. The van der Waals surface area contributed by atoms with Gasteiger partial charge in [0.05, 0.1) is 27.7 Å². The Hall–Kier alpha value is -2.16. The van der Waals surface area contributed by atoms with Gasteiger partial charge >= 0.3 is 6.18 Å². The molecule has 24 heavy (non-hydrogen) atoms. The van der Waals surface area contributed by atoms with Crippen LogP contribution in [-0.2, 0) is 6.18 Å². The van der Waals surface area contributed by atoms with Gasteiger partial charge in [0.15, 0.2) is 0 Å². The molecular formula is C17H10Cl2F3NO. The van der Waals surface area contributed by atoms with Gasteiger partial charge in [0.1, 0.15) is 0 Å². The van der Waals surface area contributed by atoms with Crippen molar-refractivity contribution >= 4 is 29.1 Å². The SMILES string of the molecule is O=C(NCC#Cc1cccc(C(F)(F)F)c1)c1cccc(Cl)c1Cl. The predicted octanol–water partition coefficient (Wildman–Crippen LogP) is 4.79. The molecule has 0 fully saturated rings. The van der Waals surface area contributed by atoms with Crippen LogP contribution in [0.4, 0.5) is 13.2 Å². The summed E-state index contributed by atoms with van der Waals surface area (Å²) in [5.41, 5.74) is -0.367. The topological polar surface area (TPSA) is 29.1 Å². The van der Waals surface area contributed by atoms with Gasteiger partial charge in [0.2, 0.25) is 0 Å². The maximum Gasteiger partial charge on any atom is 0.416 e. The Bertz CT molecular complexity index is 823. The molecule has 0 aliphatic carbocycles. The fourth-order valence-electron chi connectivity index (χ4n) is 1.82. The highest BCUT2D eigenvalue weighted by Gasteiger charge is 2.30. The van der Waals surface area contributed by atoms with E-state index in [1.165, 1.54) is 18.2 Å². The molecule has 2 nitrogen and oxygen atoms in total. The second kappa shape index (κ2) is 7.61. The number of carbonyl (C=O) groups is 1. The Balaban J connectivity index is 2.02. The number of rotatable bonds is 2. The molecule has 0 aliphatic heterocycles. The summed E-state index contributed by atoms with van der Waals surface area (Å²) in [6.45, 7) is -0.0437. The Morgan fingerprint density at radius 3 is 2.54 bits per heavy atom. The van der Waals surface area contributed by atoms with Crippen LogP contribution >= 0.6 is 23.2 Å². The molecule has 0 saturated heterocycles. The molecule has 124 valence electrons. The third kappa shape index (κ3) is 4.67. The average Bonchev–Trinajstić information content (AvgIpc) is 2.53. The summed E-state index contributed by atoms with van der Waals surface area (Å²) in [4.78, 5) is 11.9. The monoisotopic (exact) mass is 371 g/mol. The molecule has 1 N–H and O–H groups in total. The molecule has 2 aromatic carbocycles. The lowest BCUT2D eigenvalue weighted by Gasteiger charge is -2.06. The Morgan fingerprint density at radius 1 is 1.12 bits per heavy atom. The zero-order chi connectivity index (χ0) is 17.7. The van der Waals surface area contributed by atoms with Crippen molar-refractivity contribution in [1.82, 2.24) is 5.32 Å². The van der Waals surface area contributed by atoms with E-state index in [4.69, 9.17) is 23.2 Å². The summed E-state index contributed by atoms with van der Waals surface area (Å²) in [6.07, 6.45) is -4.42. The standard InChI is InChI=1S/C17H10Cl2F3NO/c18-14-8-2-7-13(15(14)19)16(24)23-9-3-5-11-4-1-6-12(10-11)17(20,21)22/h1-2,4,6-8,10H,9H2,(H,23,24). The number of hydrogen-bond donors (Lipinski definition) is 1. The van der Waals surface area contributed by atoms with Crippen molar-refractivity contribution in [2.24, 2.45) is 0 Å². The first-order chi connectivity index (χ1) is 11.3. The van der Waals surface area contributed by atoms with Crippen LogP contribution < -0.4 is 5.32 Å². The largest absolute Gasteiger partial charge is 0.416 e. The maximum absolute atomic E-state index is 12.6. The van der Waals surface area contributed by atoms with E-state index in [0.717, 1.165) is 12.1 Å². The number of benzene rings is 2. The molecule has 0 aliphatic rings. The first-order valence-corrected chi connectivity index (χ1v) is 7.43. The van der Waals surface area contributed by atoms with Gasteiger partial charge in [-0.25, -0.2) is 0 Å². The molecule has 7 heteroatoms. The summed E-state index contributed by atoms with van der Waals surface area (Å²) >= 11 is 11.7. The Morgan fingerprint density at radius 2 is 1.83 bits per heavy atom. The quantitative estimate of drug-likeness (QED) is 0.755. The first-order valence-electron chi connectivity index (χ1n) is 6.67. The highest BCUT2D eigenvalue weighted by Crippen LogP contribution is 2.29. The van der Waals surface area contributed by atoms with E-state index in [1.807, 2.05) is 0 Å². The van der Waals surface area contributed by atoms with Crippen LogP contribution in [0.15, 0.2) is 42.5 Å². The lowest BCUT2D eigenvalue weighted by Crippen LogP contribution is -2.23. The van der Waals surface area contributed by atoms with Gasteiger partial charge in [0, 0.05) is 5.56 Å². The smallest absolute Gasteiger partial charge is 0.341 e. The molecule has 2 aromatic rings. The van der Waals surface area contributed by atoms with Crippen LogP contribution in [0.3, 0.4) is 0 Å². The molecule has 0 heterocycles. The molecule has 0 aromatic heterocycles. The molecule has 0 spiro atoms. The minimum Gasteiger partial charge on any atom is -0.341 e.